The summed E-state index contributed by atoms with van der Waals surface area (Å²) in [6.45, 7) is 3.65. The number of nitrogens with zero attached hydrogens (tertiary/aromatic N) is 1. The van der Waals surface area contributed by atoms with Gasteiger partial charge in [-0.3, -0.25) is 0 Å². The van der Waals surface area contributed by atoms with Gasteiger partial charge < -0.3 is 14.7 Å². The zero-order valence-electron chi connectivity index (χ0n) is 11.8. The molecule has 0 aromatic heterocycles. The lowest BCUT2D eigenvalue weighted by Gasteiger charge is -2.43. The molecule has 0 heterocycles. The quantitative estimate of drug-likeness (QED) is 0.731. The number of hydrogen-bond acceptors (Lipinski definition) is 3. The summed E-state index contributed by atoms with van der Waals surface area (Å²) < 4.78 is 5.69. The predicted octanol–water partition coefficient (Wildman–Crippen LogP) is 2.30. The molecule has 1 aliphatic carbocycles. The molecular weight excluding hydrogens is 238 g/mol. The van der Waals surface area contributed by atoms with Crippen molar-refractivity contribution < 1.29 is 9.84 Å². The first-order valence-corrected chi connectivity index (χ1v) is 7.15. The van der Waals surface area contributed by atoms with Gasteiger partial charge in [0, 0.05) is 25.1 Å². The Bertz CT molecular complexity index is 357. The second kappa shape index (κ2) is 7.04. The van der Waals surface area contributed by atoms with Crippen molar-refractivity contribution in [3.8, 4) is 0 Å². The van der Waals surface area contributed by atoms with E-state index in [1.165, 1.54) is 24.8 Å². The standard InChI is InChI=1S/C16H25NO2/c1-17(13-16(14-18)8-5-9-16)10-11-19-12-15-6-3-2-4-7-15/h2-4,6-7,18H,5,8-14H2,1H3. The highest BCUT2D eigenvalue weighted by Crippen LogP contribution is 2.40. The third kappa shape index (κ3) is 4.30. The highest BCUT2D eigenvalue weighted by Gasteiger charge is 2.36. The maximum atomic E-state index is 9.45. The summed E-state index contributed by atoms with van der Waals surface area (Å²) in [7, 11) is 2.11. The lowest BCUT2D eigenvalue weighted by atomic mass is 9.69. The van der Waals surface area contributed by atoms with Gasteiger partial charge in [-0.2, -0.15) is 0 Å². The van der Waals surface area contributed by atoms with E-state index in [2.05, 4.69) is 24.1 Å². The van der Waals surface area contributed by atoms with Gasteiger partial charge in [-0.15, -0.1) is 0 Å². The number of likely N-dealkylation sites (N-methyl/N-ethyl adjacent to an activating group) is 1. The van der Waals surface area contributed by atoms with Crippen LogP contribution in [0.5, 0.6) is 0 Å². The van der Waals surface area contributed by atoms with Crippen molar-refractivity contribution >= 4 is 0 Å². The average molecular weight is 263 g/mol. The van der Waals surface area contributed by atoms with Crippen LogP contribution in [0.25, 0.3) is 0 Å². The zero-order valence-corrected chi connectivity index (χ0v) is 11.8. The Hall–Kier alpha value is -0.900. The van der Waals surface area contributed by atoms with Crippen LogP contribution < -0.4 is 0 Å². The van der Waals surface area contributed by atoms with Crippen LogP contribution in [0.4, 0.5) is 0 Å². The van der Waals surface area contributed by atoms with Crippen molar-refractivity contribution in [1.29, 1.82) is 0 Å². The molecule has 19 heavy (non-hydrogen) atoms. The Morgan fingerprint density at radius 3 is 2.58 bits per heavy atom. The molecule has 0 amide bonds. The van der Waals surface area contributed by atoms with Crippen molar-refractivity contribution in [1.82, 2.24) is 4.90 Å². The fraction of sp³-hybridized carbons (Fsp3) is 0.625. The molecule has 1 fully saturated rings. The smallest absolute Gasteiger partial charge is 0.0717 e. The molecule has 1 saturated carbocycles. The van der Waals surface area contributed by atoms with Crippen LogP contribution in [-0.4, -0.2) is 43.4 Å². The summed E-state index contributed by atoms with van der Waals surface area (Å²) in [5.74, 6) is 0. The van der Waals surface area contributed by atoms with E-state index in [1.54, 1.807) is 0 Å². The first-order chi connectivity index (χ1) is 9.24. The summed E-state index contributed by atoms with van der Waals surface area (Å²) in [4.78, 5) is 2.28. The minimum atomic E-state index is 0.175. The SMILES string of the molecule is CN(CCOCc1ccccc1)CC1(CO)CCC1. The summed E-state index contributed by atoms with van der Waals surface area (Å²) in [6, 6.07) is 10.3. The van der Waals surface area contributed by atoms with Gasteiger partial charge in [0.1, 0.15) is 0 Å². The summed E-state index contributed by atoms with van der Waals surface area (Å²) >= 11 is 0. The van der Waals surface area contributed by atoms with Gasteiger partial charge in [-0.25, -0.2) is 0 Å². The topological polar surface area (TPSA) is 32.7 Å². The molecular formula is C16H25NO2. The maximum Gasteiger partial charge on any atom is 0.0717 e. The molecule has 0 atom stereocenters. The predicted molar refractivity (Wildman–Crippen MR) is 77.0 cm³/mol. The third-order valence-corrected chi connectivity index (χ3v) is 4.08. The van der Waals surface area contributed by atoms with E-state index >= 15 is 0 Å². The highest BCUT2D eigenvalue weighted by atomic mass is 16.5. The fourth-order valence-corrected chi connectivity index (χ4v) is 2.68. The maximum absolute atomic E-state index is 9.45. The van der Waals surface area contributed by atoms with Gasteiger partial charge in [-0.05, 0) is 25.5 Å². The van der Waals surface area contributed by atoms with Gasteiger partial charge in [0.05, 0.1) is 13.2 Å². The first kappa shape index (κ1) is 14.5. The second-order valence-corrected chi connectivity index (χ2v) is 5.79. The molecule has 0 unspecified atom stereocenters. The average Bonchev–Trinajstić information content (AvgIpc) is 2.40. The van der Waals surface area contributed by atoms with Gasteiger partial charge in [0.25, 0.3) is 0 Å². The van der Waals surface area contributed by atoms with Gasteiger partial charge in [-0.1, -0.05) is 36.8 Å². The molecule has 1 aromatic carbocycles. The number of rotatable bonds is 8. The van der Waals surface area contributed by atoms with E-state index in [1.807, 2.05) is 18.2 Å². The molecule has 2 rings (SSSR count). The Balaban J connectivity index is 1.60. The number of ether oxygens (including phenoxy) is 1. The first-order valence-electron chi connectivity index (χ1n) is 7.15. The normalized spacial score (nSPS) is 17.4. The van der Waals surface area contributed by atoms with E-state index in [4.69, 9.17) is 4.74 Å². The Morgan fingerprint density at radius 1 is 1.26 bits per heavy atom. The van der Waals surface area contributed by atoms with Crippen molar-refractivity contribution in [2.75, 3.05) is 33.4 Å². The van der Waals surface area contributed by atoms with Crippen LogP contribution in [-0.2, 0) is 11.3 Å². The lowest BCUT2D eigenvalue weighted by Crippen LogP contribution is -2.44. The summed E-state index contributed by atoms with van der Waals surface area (Å²) in [5.41, 5.74) is 1.39. The van der Waals surface area contributed by atoms with Crippen molar-refractivity contribution in [3.63, 3.8) is 0 Å². The Morgan fingerprint density at radius 2 is 2.00 bits per heavy atom. The van der Waals surface area contributed by atoms with E-state index in [-0.39, 0.29) is 5.41 Å². The molecule has 0 saturated heterocycles. The minimum absolute atomic E-state index is 0.175. The molecule has 1 aromatic rings. The van der Waals surface area contributed by atoms with Gasteiger partial charge >= 0.3 is 0 Å². The molecule has 3 heteroatoms. The van der Waals surface area contributed by atoms with Crippen LogP contribution in [0, 0.1) is 5.41 Å². The van der Waals surface area contributed by atoms with Gasteiger partial charge in [0.2, 0.25) is 0 Å². The molecule has 0 aliphatic heterocycles. The van der Waals surface area contributed by atoms with Crippen LogP contribution in [0.15, 0.2) is 30.3 Å². The molecule has 106 valence electrons. The molecule has 0 radical (unpaired) electrons. The van der Waals surface area contributed by atoms with Crippen LogP contribution in [0.2, 0.25) is 0 Å². The number of aliphatic hydroxyl groups excluding tert-OH is 1. The molecule has 0 spiro atoms. The highest BCUT2D eigenvalue weighted by molar-refractivity contribution is 5.13. The summed E-state index contributed by atoms with van der Waals surface area (Å²) in [6.07, 6.45) is 3.59. The lowest BCUT2D eigenvalue weighted by molar-refractivity contribution is 0.00567. The number of aliphatic hydroxyl groups is 1. The zero-order chi connectivity index (χ0) is 13.6. The van der Waals surface area contributed by atoms with Crippen molar-refractivity contribution in [2.45, 2.75) is 25.9 Å². The Kier molecular flexibility index (Phi) is 5.37. The van der Waals surface area contributed by atoms with Crippen LogP contribution >= 0.6 is 0 Å². The summed E-state index contributed by atoms with van der Waals surface area (Å²) in [5, 5.41) is 9.45. The number of benzene rings is 1. The Labute approximate surface area is 116 Å². The second-order valence-electron chi connectivity index (χ2n) is 5.79. The van der Waals surface area contributed by atoms with Crippen LogP contribution in [0.1, 0.15) is 24.8 Å². The molecule has 1 N–H and O–H groups in total. The van der Waals surface area contributed by atoms with Crippen LogP contribution in [0.3, 0.4) is 0 Å². The molecule has 1 aliphatic rings. The van der Waals surface area contributed by atoms with E-state index in [9.17, 15) is 5.11 Å². The van der Waals surface area contributed by atoms with Gasteiger partial charge in [0.15, 0.2) is 0 Å². The largest absolute Gasteiger partial charge is 0.396 e. The van der Waals surface area contributed by atoms with Crippen molar-refractivity contribution in [2.24, 2.45) is 5.41 Å². The monoisotopic (exact) mass is 263 g/mol. The minimum Gasteiger partial charge on any atom is -0.396 e. The third-order valence-electron chi connectivity index (χ3n) is 4.08. The van der Waals surface area contributed by atoms with E-state index < -0.39 is 0 Å². The number of hydrogen-bond donors (Lipinski definition) is 1. The van der Waals surface area contributed by atoms with Crippen molar-refractivity contribution in [3.05, 3.63) is 35.9 Å². The molecule has 0 bridgehead atoms. The molecule has 3 nitrogen and oxygen atoms in total. The van der Waals surface area contributed by atoms with E-state index in [0.29, 0.717) is 13.2 Å². The fourth-order valence-electron chi connectivity index (χ4n) is 2.68. The van der Waals surface area contributed by atoms with E-state index in [0.717, 1.165) is 19.7 Å².